The number of hydrogen-bond acceptors (Lipinski definition) is 2. The van der Waals surface area contributed by atoms with E-state index < -0.39 is 0 Å². The summed E-state index contributed by atoms with van der Waals surface area (Å²) < 4.78 is 0. The molecule has 0 aliphatic carbocycles. The molecule has 0 amide bonds. The summed E-state index contributed by atoms with van der Waals surface area (Å²) >= 11 is 0. The van der Waals surface area contributed by atoms with Gasteiger partial charge in [0.15, 0.2) is 0 Å². The first-order chi connectivity index (χ1) is 2.41. The van der Waals surface area contributed by atoms with Gasteiger partial charge in [-0.15, -0.1) is 0 Å². The summed E-state index contributed by atoms with van der Waals surface area (Å²) in [4.78, 5) is 3.31. The average molecular weight is 214 g/mol. The van der Waals surface area contributed by atoms with Crippen LogP contribution >= 0.6 is 0 Å². The number of nitrogens with zero attached hydrogens (tertiary/aromatic N) is 2. The van der Waals surface area contributed by atoms with Crippen molar-refractivity contribution in [1.29, 1.82) is 10.5 Å². The molecule has 0 aliphatic heterocycles. The number of hydrogen-bond donors (Lipinski definition) is 0. The average Bonchev–Trinajstić information content (AvgIpc) is 1.41. The summed E-state index contributed by atoms with van der Waals surface area (Å²) in [6.45, 7) is 0. The molecule has 0 heterocycles. The van der Waals surface area contributed by atoms with E-state index in [4.69, 9.17) is 10.5 Å². The minimum atomic E-state index is 0. The molecule has 0 N–H and O–H groups in total. The van der Waals surface area contributed by atoms with Crippen LogP contribution in [-0.2, 0) is 35.4 Å². The van der Waals surface area contributed by atoms with Crippen molar-refractivity contribution in [3.63, 3.8) is 0 Å². The Labute approximate surface area is 55.9 Å². The molecule has 0 aromatic rings. The van der Waals surface area contributed by atoms with Crippen LogP contribution < -0.4 is 0 Å². The van der Waals surface area contributed by atoms with Crippen molar-refractivity contribution in [1.82, 2.24) is 0 Å². The monoisotopic (exact) mass is 214 g/mol. The van der Waals surface area contributed by atoms with E-state index in [1.807, 2.05) is 0 Å². The van der Waals surface area contributed by atoms with Crippen LogP contribution in [0.4, 0.5) is 0 Å². The molecule has 0 saturated heterocycles. The van der Waals surface area contributed by atoms with Gasteiger partial charge < -0.3 is 0 Å². The van der Waals surface area contributed by atoms with Gasteiger partial charge in [0.1, 0.15) is 0 Å². The second-order valence-electron chi connectivity index (χ2n) is 0.247. The van der Waals surface area contributed by atoms with Crippen LogP contribution in [0.1, 0.15) is 0 Å². The zero-order chi connectivity index (χ0) is 4.12. The zero-order valence-electron chi connectivity index (χ0n) is 2.56. The van der Waals surface area contributed by atoms with Gasteiger partial charge >= 0.3 is 35.4 Å². The van der Waals surface area contributed by atoms with Crippen molar-refractivity contribution in [3.8, 4) is 9.94 Å². The Morgan fingerprint density at radius 1 is 1.17 bits per heavy atom. The van der Waals surface area contributed by atoms with Crippen LogP contribution in [-0.4, -0.2) is 0 Å². The fraction of sp³-hybridized carbons (Fsp3) is 0. The van der Waals surface area contributed by atoms with Gasteiger partial charge in [-0.2, -0.15) is 0 Å². The van der Waals surface area contributed by atoms with E-state index >= 15 is 0 Å². The van der Waals surface area contributed by atoms with E-state index in [1.54, 1.807) is 9.94 Å². The van der Waals surface area contributed by atoms with Crippen molar-refractivity contribution in [2.24, 2.45) is 0 Å². The van der Waals surface area contributed by atoms with Gasteiger partial charge in [-0.1, -0.05) is 0 Å². The fourth-order valence-electron chi connectivity index (χ4n) is 0.0177. The first kappa shape index (κ1) is 9.48. The molecule has 0 rings (SSSR count). The Kier molecular flexibility index (Phi) is 14.1. The predicted octanol–water partition coefficient (Wildman–Crippen LogP) is 0.0286. The number of rotatable bonds is 0. The van der Waals surface area contributed by atoms with Crippen molar-refractivity contribution in [3.05, 3.63) is 0 Å². The fourth-order valence-corrected chi connectivity index (χ4v) is 0.0729. The van der Waals surface area contributed by atoms with E-state index in [0.717, 1.165) is 0 Å². The Bertz CT molecular complexity index is 76.7. The minimum absolute atomic E-state index is 0. The molecular formula is C2FeN2Pd. The van der Waals surface area contributed by atoms with E-state index in [2.05, 4.69) is 0 Å². The van der Waals surface area contributed by atoms with Gasteiger partial charge in [-0.05, 0) is 0 Å². The van der Waals surface area contributed by atoms with E-state index in [1.165, 1.54) is 0 Å². The largest absolute Gasteiger partial charge is 0 e. The van der Waals surface area contributed by atoms with Crippen molar-refractivity contribution < 1.29 is 35.4 Å². The molecule has 0 atom stereocenters. The first-order valence-corrected chi connectivity index (χ1v) is 1.90. The van der Waals surface area contributed by atoms with E-state index in [-0.39, 0.29) is 35.4 Å². The van der Waals surface area contributed by atoms with Gasteiger partial charge in [0.25, 0.3) is 0 Å². The van der Waals surface area contributed by atoms with Crippen LogP contribution in [0.3, 0.4) is 0 Å². The molecule has 2 nitrogen and oxygen atoms in total. The maximum absolute atomic E-state index is 7.59. The summed E-state index contributed by atoms with van der Waals surface area (Å²) in [6, 6.07) is 0. The van der Waals surface area contributed by atoms with Crippen molar-refractivity contribution >= 4 is 0 Å². The molecule has 0 fully saturated rings. The molecule has 0 bridgehead atoms. The smallest absolute Gasteiger partial charge is 0 e. The summed E-state index contributed by atoms with van der Waals surface area (Å²) in [7, 11) is 0. The molecule has 4 heteroatoms. The SMILES string of the molecule is N#[C][Fe][C]#N.[Pd]. The quantitative estimate of drug-likeness (QED) is 0.534. The van der Waals surface area contributed by atoms with Gasteiger partial charge in [0.05, 0.1) is 0 Å². The second-order valence-corrected chi connectivity index (χ2v) is 1.02. The first-order valence-electron chi connectivity index (χ1n) is 0.801. The summed E-state index contributed by atoms with van der Waals surface area (Å²) in [5.74, 6) is 0. The van der Waals surface area contributed by atoms with Crippen LogP contribution in [0.2, 0.25) is 0 Å². The maximum atomic E-state index is 7.59. The summed E-state index contributed by atoms with van der Waals surface area (Å²) in [6.07, 6.45) is 0. The molecule has 0 aliphatic rings. The normalized spacial score (nSPS) is 4.33. The van der Waals surface area contributed by atoms with Gasteiger partial charge in [-0.3, -0.25) is 0 Å². The Hall–Kier alpha value is 0.162. The molecule has 0 spiro atoms. The van der Waals surface area contributed by atoms with E-state index in [9.17, 15) is 0 Å². The van der Waals surface area contributed by atoms with Crippen LogP contribution in [0.25, 0.3) is 0 Å². The Morgan fingerprint density at radius 3 is 1.50 bits per heavy atom. The van der Waals surface area contributed by atoms with Gasteiger partial charge in [0.2, 0.25) is 0 Å². The summed E-state index contributed by atoms with van der Waals surface area (Å²) in [5, 5.41) is 15.2. The Balaban J connectivity index is 0. The molecule has 36 valence electrons. The molecule has 0 saturated carbocycles. The van der Waals surface area contributed by atoms with Gasteiger partial charge in [-0.25, -0.2) is 0 Å². The zero-order valence-corrected chi connectivity index (χ0v) is 5.22. The Morgan fingerprint density at radius 2 is 1.50 bits per heavy atom. The topological polar surface area (TPSA) is 47.6 Å². The molecule has 0 aromatic carbocycles. The molecule has 0 radical (unpaired) electrons. The molecule has 0 aromatic heterocycles. The third-order valence-corrected chi connectivity index (χ3v) is 0.326. The standard InChI is InChI=1S/2CN.Fe.Pd/c2*1-2;;. The molecular weight excluding hydrogens is 214 g/mol. The van der Waals surface area contributed by atoms with Crippen LogP contribution in [0, 0.1) is 20.5 Å². The maximum Gasteiger partial charge on any atom is 0 e. The van der Waals surface area contributed by atoms with Crippen LogP contribution in [0.5, 0.6) is 0 Å². The van der Waals surface area contributed by atoms with Crippen LogP contribution in [0.15, 0.2) is 0 Å². The van der Waals surface area contributed by atoms with E-state index in [0.29, 0.717) is 0 Å². The number of nitriles is 2. The summed E-state index contributed by atoms with van der Waals surface area (Å²) in [5.41, 5.74) is 0. The third kappa shape index (κ3) is 8.90. The predicted molar refractivity (Wildman–Crippen MR) is 11.2 cm³/mol. The molecule has 0 unspecified atom stereocenters. The third-order valence-electron chi connectivity index (χ3n) is 0.0791. The van der Waals surface area contributed by atoms with Crippen molar-refractivity contribution in [2.45, 2.75) is 0 Å². The van der Waals surface area contributed by atoms with Crippen molar-refractivity contribution in [2.75, 3.05) is 0 Å². The van der Waals surface area contributed by atoms with Gasteiger partial charge in [0, 0.05) is 20.4 Å². The minimum Gasteiger partial charge on any atom is 0 e. The second kappa shape index (κ2) is 8.94. The molecule has 6 heavy (non-hydrogen) atoms.